The lowest BCUT2D eigenvalue weighted by Gasteiger charge is -2.31. The van der Waals surface area contributed by atoms with Crippen molar-refractivity contribution < 1.29 is 10.2 Å². The van der Waals surface area contributed by atoms with E-state index in [2.05, 4.69) is 68.4 Å². The first-order chi connectivity index (χ1) is 14.7. The van der Waals surface area contributed by atoms with Crippen LogP contribution in [0.25, 0.3) is 11.1 Å². The van der Waals surface area contributed by atoms with Gasteiger partial charge in [0, 0.05) is 5.56 Å². The second kappa shape index (κ2) is 8.31. The topological polar surface area (TPSA) is 40.5 Å². The van der Waals surface area contributed by atoms with Gasteiger partial charge in [-0.25, -0.2) is 0 Å². The highest BCUT2D eigenvalue weighted by molar-refractivity contribution is 5.77. The van der Waals surface area contributed by atoms with Gasteiger partial charge in [0.05, 0.1) is 0 Å². The third kappa shape index (κ3) is 4.55. The van der Waals surface area contributed by atoms with Crippen molar-refractivity contribution in [3.8, 4) is 22.6 Å². The molecule has 0 unspecified atom stereocenters. The van der Waals surface area contributed by atoms with Gasteiger partial charge >= 0.3 is 0 Å². The van der Waals surface area contributed by atoms with Crippen LogP contribution in [0.1, 0.15) is 80.5 Å². The first-order valence-electron chi connectivity index (χ1n) is 11.5. The van der Waals surface area contributed by atoms with Crippen molar-refractivity contribution in [1.29, 1.82) is 0 Å². The van der Waals surface area contributed by atoms with Gasteiger partial charge in [-0.05, 0) is 101 Å². The van der Waals surface area contributed by atoms with E-state index in [1.807, 2.05) is 30.3 Å². The molecule has 0 aliphatic heterocycles. The lowest BCUT2D eigenvalue weighted by Crippen LogP contribution is -2.21. The number of hydrogen-bond donors (Lipinski definition) is 2. The van der Waals surface area contributed by atoms with E-state index in [0.717, 1.165) is 17.5 Å². The zero-order valence-electron chi connectivity index (χ0n) is 21.1. The lowest BCUT2D eigenvalue weighted by molar-refractivity contribution is 0.464. The third-order valence-electron chi connectivity index (χ3n) is 6.51. The van der Waals surface area contributed by atoms with E-state index < -0.39 is 0 Å². The molecule has 0 fully saturated rings. The van der Waals surface area contributed by atoms with Crippen LogP contribution in [0.3, 0.4) is 0 Å². The van der Waals surface area contributed by atoms with Crippen LogP contribution in [0, 0.1) is 20.8 Å². The smallest absolute Gasteiger partial charge is 0.123 e. The molecular weight excluding hydrogens is 392 g/mol. The summed E-state index contributed by atoms with van der Waals surface area (Å²) in [6.07, 6.45) is 0.790. The molecule has 2 nitrogen and oxygen atoms in total. The number of para-hydroxylation sites is 1. The Morgan fingerprint density at radius 1 is 0.688 bits per heavy atom. The van der Waals surface area contributed by atoms with Crippen molar-refractivity contribution in [1.82, 2.24) is 0 Å². The van der Waals surface area contributed by atoms with Gasteiger partial charge in [-0.15, -0.1) is 0 Å². The van der Waals surface area contributed by atoms with Gasteiger partial charge in [-0.3, -0.25) is 0 Å². The van der Waals surface area contributed by atoms with E-state index in [9.17, 15) is 10.2 Å². The number of phenols is 2. The molecule has 32 heavy (non-hydrogen) atoms. The molecule has 3 rings (SSSR count). The predicted molar refractivity (Wildman–Crippen MR) is 136 cm³/mol. The summed E-state index contributed by atoms with van der Waals surface area (Å²) < 4.78 is 0. The molecule has 3 aromatic carbocycles. The Hall–Kier alpha value is -2.74. The molecule has 0 atom stereocenters. The molecule has 170 valence electrons. The number of aryl methyl sites for hydroxylation is 2. The van der Waals surface area contributed by atoms with Crippen LogP contribution < -0.4 is 0 Å². The molecule has 0 aliphatic carbocycles. The number of phenolic OH excluding ortho intramolecular Hbond substituents is 2. The van der Waals surface area contributed by atoms with Crippen molar-refractivity contribution in [2.24, 2.45) is 0 Å². The van der Waals surface area contributed by atoms with Crippen molar-refractivity contribution >= 4 is 0 Å². The van der Waals surface area contributed by atoms with E-state index in [-0.39, 0.29) is 10.8 Å². The summed E-state index contributed by atoms with van der Waals surface area (Å²) in [4.78, 5) is 0. The number of hydrogen-bond acceptors (Lipinski definition) is 2. The second-order valence-electron chi connectivity index (χ2n) is 11.2. The number of rotatable bonds is 3. The molecule has 0 radical (unpaired) electrons. The second-order valence-corrected chi connectivity index (χ2v) is 11.2. The van der Waals surface area contributed by atoms with Crippen LogP contribution in [0.2, 0.25) is 0 Å². The third-order valence-corrected chi connectivity index (χ3v) is 6.51. The molecule has 2 N–H and O–H groups in total. The molecule has 2 heteroatoms. The minimum Gasteiger partial charge on any atom is -0.508 e. The van der Waals surface area contributed by atoms with Crippen LogP contribution >= 0.6 is 0 Å². The fourth-order valence-electron chi connectivity index (χ4n) is 4.96. The molecule has 3 aromatic rings. The fraction of sp³-hybridized carbons (Fsp3) is 0.400. The maximum Gasteiger partial charge on any atom is 0.123 e. The Balaban J connectivity index is 2.31. The quantitative estimate of drug-likeness (QED) is 0.444. The summed E-state index contributed by atoms with van der Waals surface area (Å²) >= 11 is 0. The Labute approximate surface area is 194 Å². The predicted octanol–water partition coefficient (Wildman–Crippen LogP) is 7.88. The van der Waals surface area contributed by atoms with Crippen LogP contribution in [0.5, 0.6) is 11.5 Å². The average molecular weight is 431 g/mol. The molecule has 0 aliphatic rings. The lowest BCUT2D eigenvalue weighted by atomic mass is 9.73. The summed E-state index contributed by atoms with van der Waals surface area (Å²) in [6.45, 7) is 19.7. The Morgan fingerprint density at radius 3 is 1.72 bits per heavy atom. The molecular formula is C30H38O2. The van der Waals surface area contributed by atoms with Gasteiger partial charge in [-0.2, -0.15) is 0 Å². The number of benzene rings is 3. The normalized spacial score (nSPS) is 12.3. The molecule has 0 bridgehead atoms. The largest absolute Gasteiger partial charge is 0.508 e. The Morgan fingerprint density at radius 2 is 1.22 bits per heavy atom. The van der Waals surface area contributed by atoms with E-state index in [0.29, 0.717) is 11.5 Å². The molecule has 0 heterocycles. The standard InChI is InChI=1S/C30H38O2/c1-18-14-19(2)28(22-12-10-11-13-27(22)32)20(3)23(18)17-24-25(29(4,5)6)15-21(31)16-26(24)30(7,8)9/h10-16,31-32H,17H2,1-9H3. The zero-order chi connectivity index (χ0) is 24.0. The molecule has 0 aromatic heterocycles. The Kier molecular flexibility index (Phi) is 6.21. The molecule has 0 saturated carbocycles. The molecule has 0 amide bonds. The van der Waals surface area contributed by atoms with Gasteiger partial charge in [-0.1, -0.05) is 65.8 Å². The van der Waals surface area contributed by atoms with Crippen LogP contribution in [0.15, 0.2) is 42.5 Å². The zero-order valence-corrected chi connectivity index (χ0v) is 21.1. The van der Waals surface area contributed by atoms with E-state index in [4.69, 9.17) is 0 Å². The monoisotopic (exact) mass is 430 g/mol. The summed E-state index contributed by atoms with van der Waals surface area (Å²) in [5.41, 5.74) is 10.4. The van der Waals surface area contributed by atoms with Crippen LogP contribution in [-0.2, 0) is 17.3 Å². The highest BCUT2D eigenvalue weighted by atomic mass is 16.3. The SMILES string of the molecule is Cc1cc(C)c(-c2ccccc2O)c(C)c1Cc1c(C(C)(C)C)cc(O)cc1C(C)(C)C. The highest BCUT2D eigenvalue weighted by Gasteiger charge is 2.28. The van der Waals surface area contributed by atoms with Gasteiger partial charge < -0.3 is 10.2 Å². The van der Waals surface area contributed by atoms with Crippen LogP contribution in [0.4, 0.5) is 0 Å². The van der Waals surface area contributed by atoms with Crippen molar-refractivity contribution in [2.75, 3.05) is 0 Å². The fourth-order valence-corrected chi connectivity index (χ4v) is 4.96. The highest BCUT2D eigenvalue weighted by Crippen LogP contribution is 2.41. The molecule has 0 spiro atoms. The van der Waals surface area contributed by atoms with E-state index >= 15 is 0 Å². The van der Waals surface area contributed by atoms with E-state index in [1.54, 1.807) is 6.07 Å². The van der Waals surface area contributed by atoms with Crippen LogP contribution in [-0.4, -0.2) is 10.2 Å². The molecule has 0 saturated heterocycles. The summed E-state index contributed by atoms with van der Waals surface area (Å²) in [6, 6.07) is 13.7. The van der Waals surface area contributed by atoms with Gasteiger partial charge in [0.2, 0.25) is 0 Å². The first-order valence-corrected chi connectivity index (χ1v) is 11.5. The minimum atomic E-state index is -0.0961. The van der Waals surface area contributed by atoms with Gasteiger partial charge in [0.15, 0.2) is 0 Å². The van der Waals surface area contributed by atoms with E-state index in [1.165, 1.54) is 38.9 Å². The van der Waals surface area contributed by atoms with Crippen molar-refractivity contribution in [3.05, 3.63) is 81.4 Å². The van der Waals surface area contributed by atoms with Crippen molar-refractivity contribution in [2.45, 2.75) is 79.6 Å². The summed E-state index contributed by atoms with van der Waals surface area (Å²) in [5.74, 6) is 0.639. The summed E-state index contributed by atoms with van der Waals surface area (Å²) in [7, 11) is 0. The maximum atomic E-state index is 10.6. The first kappa shape index (κ1) is 23.9. The maximum absolute atomic E-state index is 10.6. The van der Waals surface area contributed by atoms with Gasteiger partial charge in [0.1, 0.15) is 11.5 Å². The Bertz CT molecular complexity index is 1120. The van der Waals surface area contributed by atoms with Gasteiger partial charge in [0.25, 0.3) is 0 Å². The van der Waals surface area contributed by atoms with Crippen molar-refractivity contribution in [3.63, 3.8) is 0 Å². The average Bonchev–Trinajstić information content (AvgIpc) is 2.65. The number of aromatic hydroxyl groups is 2. The summed E-state index contributed by atoms with van der Waals surface area (Å²) in [5, 5.41) is 21.1. The minimum absolute atomic E-state index is 0.0961.